The lowest BCUT2D eigenvalue weighted by atomic mass is 9.82. The van der Waals surface area contributed by atoms with Crippen molar-refractivity contribution in [1.82, 2.24) is 29.7 Å². The average Bonchev–Trinajstić information content (AvgIpc) is 3.79. The number of aliphatic hydroxyl groups is 1. The molecule has 3 fully saturated rings. The Bertz CT molecular complexity index is 1710. The van der Waals surface area contributed by atoms with Gasteiger partial charge in [-0.05, 0) is 68.9 Å². The molecule has 2 N–H and O–H groups in total. The largest absolute Gasteiger partial charge is 0.475 e. The number of nitrogens with one attached hydrogen (secondary N) is 1. The number of nitrogens with zero attached hydrogens (tertiary/aromatic N) is 6. The van der Waals surface area contributed by atoms with Crippen LogP contribution in [0.2, 0.25) is 5.02 Å². The lowest BCUT2D eigenvalue weighted by Crippen LogP contribution is -2.49. The fourth-order valence-corrected chi connectivity index (χ4v) is 7.24. The highest BCUT2D eigenvalue weighted by Gasteiger charge is 2.39. The Labute approximate surface area is 259 Å². The van der Waals surface area contributed by atoms with Gasteiger partial charge in [0.15, 0.2) is 0 Å². The van der Waals surface area contributed by atoms with Crippen molar-refractivity contribution in [2.45, 2.75) is 63.6 Å². The maximum atomic E-state index is 11.9. The molecule has 2 saturated carbocycles. The molecular formula is C31H36ClN7O5. The molecule has 0 bridgehead atoms. The van der Waals surface area contributed by atoms with Crippen molar-refractivity contribution in [3.8, 4) is 28.7 Å². The van der Waals surface area contributed by atoms with Crippen LogP contribution in [-0.4, -0.2) is 73.3 Å². The summed E-state index contributed by atoms with van der Waals surface area (Å²) in [7, 11) is 0. The Hall–Kier alpha value is -3.74. The smallest absolute Gasteiger partial charge is 0.439 e. The Balaban J connectivity index is 1.45. The number of aromatic nitrogens is 6. The molecule has 44 heavy (non-hydrogen) atoms. The summed E-state index contributed by atoms with van der Waals surface area (Å²) in [6.07, 6.45) is 11.4. The van der Waals surface area contributed by atoms with Crippen LogP contribution < -0.4 is 15.4 Å². The lowest BCUT2D eigenvalue weighted by Gasteiger charge is -2.39. The Kier molecular flexibility index (Phi) is 8.13. The summed E-state index contributed by atoms with van der Waals surface area (Å²) in [4.78, 5) is 31.7. The summed E-state index contributed by atoms with van der Waals surface area (Å²) in [6, 6.07) is 3.83. The molecule has 4 aromatic rings. The molecule has 232 valence electrons. The van der Waals surface area contributed by atoms with E-state index in [0.29, 0.717) is 45.9 Å². The first kappa shape index (κ1) is 29.0. The van der Waals surface area contributed by atoms with E-state index in [1.807, 2.05) is 6.07 Å². The zero-order chi connectivity index (χ0) is 30.2. The molecule has 7 rings (SSSR count). The molecule has 0 amide bonds. The van der Waals surface area contributed by atoms with E-state index in [1.165, 1.54) is 6.20 Å². The molecule has 5 heterocycles. The van der Waals surface area contributed by atoms with Crippen LogP contribution in [0.3, 0.4) is 0 Å². The number of allylic oxidation sites excluding steroid dienone is 1. The van der Waals surface area contributed by atoms with Crippen LogP contribution in [0.1, 0.15) is 44.9 Å². The van der Waals surface area contributed by atoms with Gasteiger partial charge in [-0.15, -0.1) is 6.58 Å². The number of hydrogen-bond donors (Lipinski definition) is 2. The first-order valence-corrected chi connectivity index (χ1v) is 15.8. The second-order valence-corrected chi connectivity index (χ2v) is 12.3. The summed E-state index contributed by atoms with van der Waals surface area (Å²) in [6.45, 7) is 6.05. The SMILES string of the molecule is C=CC1CCC(Cn2c(N3CCO[C@@H]4CCC[C@H]43)nc3cc(-c4noc(=O)[nH]4)nc(-c4cc(Cl)cnc4OCCO)c32)CC1. The van der Waals surface area contributed by atoms with Gasteiger partial charge in [-0.2, -0.15) is 0 Å². The van der Waals surface area contributed by atoms with Crippen LogP contribution in [0.25, 0.3) is 33.8 Å². The molecule has 0 unspecified atom stereocenters. The fraction of sp³-hybridized carbons (Fsp3) is 0.516. The second kappa shape index (κ2) is 12.3. The molecule has 0 aromatic carbocycles. The predicted molar refractivity (Wildman–Crippen MR) is 165 cm³/mol. The third-order valence-electron chi connectivity index (χ3n) is 9.19. The number of rotatable bonds is 9. The number of aliphatic hydroxyl groups excluding tert-OH is 1. The average molecular weight is 622 g/mol. The van der Waals surface area contributed by atoms with Crippen LogP contribution in [-0.2, 0) is 11.3 Å². The second-order valence-electron chi connectivity index (χ2n) is 11.9. The van der Waals surface area contributed by atoms with Crippen LogP contribution >= 0.6 is 11.6 Å². The van der Waals surface area contributed by atoms with E-state index in [1.54, 1.807) is 6.07 Å². The van der Waals surface area contributed by atoms with Crippen LogP contribution in [0.15, 0.2) is 40.3 Å². The number of H-pyrrole nitrogens is 1. The molecule has 2 aliphatic carbocycles. The Morgan fingerprint density at radius 2 is 2.05 bits per heavy atom. The zero-order valence-corrected chi connectivity index (χ0v) is 25.2. The van der Waals surface area contributed by atoms with Crippen molar-refractivity contribution < 1.29 is 19.1 Å². The van der Waals surface area contributed by atoms with Crippen molar-refractivity contribution in [2.24, 2.45) is 11.8 Å². The number of morpholine rings is 1. The van der Waals surface area contributed by atoms with E-state index < -0.39 is 5.76 Å². The Morgan fingerprint density at radius 3 is 2.82 bits per heavy atom. The minimum absolute atomic E-state index is 0.0506. The van der Waals surface area contributed by atoms with Gasteiger partial charge in [-0.25, -0.2) is 19.7 Å². The number of fused-ring (bicyclic) bond motifs is 2. The van der Waals surface area contributed by atoms with Crippen molar-refractivity contribution in [3.05, 3.63) is 46.6 Å². The maximum Gasteiger partial charge on any atom is 0.439 e. The highest BCUT2D eigenvalue weighted by Crippen LogP contribution is 2.41. The highest BCUT2D eigenvalue weighted by atomic mass is 35.5. The predicted octanol–water partition coefficient (Wildman–Crippen LogP) is 4.61. The van der Waals surface area contributed by atoms with E-state index in [-0.39, 0.29) is 37.1 Å². The standard InChI is InChI=1S/C31H36ClN7O5/c1-2-18-6-8-19(9-7-18)17-39-27-22(35-30(39)38-10-12-42-25-5-3-4-24(25)38)15-23(28-36-31(41)44-37-28)34-26(27)21-14-20(32)16-33-29(21)43-13-11-40/h2,14-16,18-19,24-25,40H,1,3-13,17H2,(H,36,37,41)/t18?,19?,24-,25-/m1/s1. The lowest BCUT2D eigenvalue weighted by molar-refractivity contribution is 0.0247. The van der Waals surface area contributed by atoms with Gasteiger partial charge in [0.1, 0.15) is 18.0 Å². The number of halogens is 1. The zero-order valence-electron chi connectivity index (χ0n) is 24.5. The fourth-order valence-electron chi connectivity index (χ4n) is 7.08. The number of anilines is 1. The number of pyridine rings is 2. The van der Waals surface area contributed by atoms with Gasteiger partial charge in [0.05, 0.1) is 47.0 Å². The summed E-state index contributed by atoms with van der Waals surface area (Å²) in [5, 5.41) is 13.8. The van der Waals surface area contributed by atoms with Gasteiger partial charge in [-0.1, -0.05) is 22.8 Å². The minimum Gasteiger partial charge on any atom is -0.475 e. The highest BCUT2D eigenvalue weighted by molar-refractivity contribution is 6.30. The molecule has 2 atom stereocenters. The van der Waals surface area contributed by atoms with Gasteiger partial charge in [0.2, 0.25) is 17.7 Å². The maximum absolute atomic E-state index is 11.9. The summed E-state index contributed by atoms with van der Waals surface area (Å²) in [5.74, 6) is 1.68. The number of aromatic amines is 1. The molecule has 4 aromatic heterocycles. The third-order valence-corrected chi connectivity index (χ3v) is 9.40. The molecule has 3 aliphatic rings. The topological polar surface area (TPSA) is 144 Å². The van der Waals surface area contributed by atoms with Gasteiger partial charge in [-0.3, -0.25) is 9.51 Å². The van der Waals surface area contributed by atoms with Gasteiger partial charge >= 0.3 is 5.76 Å². The number of ether oxygens (including phenoxy) is 2. The molecule has 0 radical (unpaired) electrons. The quantitative estimate of drug-likeness (QED) is 0.254. The van der Waals surface area contributed by atoms with Crippen LogP contribution in [0.5, 0.6) is 5.88 Å². The normalized spacial score (nSPS) is 23.6. The van der Waals surface area contributed by atoms with Crippen molar-refractivity contribution in [2.75, 3.05) is 31.3 Å². The molecule has 13 heteroatoms. The van der Waals surface area contributed by atoms with Gasteiger partial charge < -0.3 is 24.0 Å². The molecule has 12 nitrogen and oxygen atoms in total. The van der Waals surface area contributed by atoms with Crippen LogP contribution in [0.4, 0.5) is 5.95 Å². The van der Waals surface area contributed by atoms with E-state index in [0.717, 1.165) is 69.5 Å². The van der Waals surface area contributed by atoms with E-state index in [2.05, 4.69) is 37.2 Å². The van der Waals surface area contributed by atoms with Crippen LogP contribution in [0, 0.1) is 11.8 Å². The summed E-state index contributed by atoms with van der Waals surface area (Å²) < 4.78 is 19.2. The van der Waals surface area contributed by atoms with Crippen molar-refractivity contribution >= 4 is 28.6 Å². The van der Waals surface area contributed by atoms with Crippen molar-refractivity contribution in [3.63, 3.8) is 0 Å². The first-order chi connectivity index (χ1) is 21.5. The number of imidazole rings is 1. The third kappa shape index (κ3) is 5.50. The van der Waals surface area contributed by atoms with E-state index >= 15 is 0 Å². The minimum atomic E-state index is -0.679. The summed E-state index contributed by atoms with van der Waals surface area (Å²) >= 11 is 6.50. The monoisotopic (exact) mass is 621 g/mol. The molecular weight excluding hydrogens is 586 g/mol. The van der Waals surface area contributed by atoms with E-state index in [4.69, 9.17) is 35.6 Å². The van der Waals surface area contributed by atoms with Gasteiger partial charge in [0.25, 0.3) is 0 Å². The van der Waals surface area contributed by atoms with E-state index in [9.17, 15) is 9.90 Å². The summed E-state index contributed by atoms with van der Waals surface area (Å²) in [5.41, 5.74) is 2.98. The Morgan fingerprint density at radius 1 is 1.18 bits per heavy atom. The number of hydrogen-bond acceptors (Lipinski definition) is 10. The molecule has 0 spiro atoms. The van der Waals surface area contributed by atoms with Crippen molar-refractivity contribution in [1.29, 1.82) is 0 Å². The first-order valence-electron chi connectivity index (χ1n) is 15.4. The molecule has 1 saturated heterocycles. The molecule has 1 aliphatic heterocycles. The van der Waals surface area contributed by atoms with Gasteiger partial charge in [0, 0.05) is 19.3 Å².